The normalized spacial score (nSPS) is 21.2. The highest BCUT2D eigenvalue weighted by Crippen LogP contribution is 2.37. The molecule has 1 heterocycles. The first kappa shape index (κ1) is 14.0. The van der Waals surface area contributed by atoms with Gasteiger partial charge in [0.25, 0.3) is 0 Å². The fourth-order valence-corrected chi connectivity index (χ4v) is 4.25. The summed E-state index contributed by atoms with van der Waals surface area (Å²) in [6.45, 7) is 9.95. The Hall–Kier alpha value is -0.470. The molecule has 0 spiro atoms. The van der Waals surface area contributed by atoms with Crippen molar-refractivity contribution in [2.45, 2.75) is 51.8 Å². The Morgan fingerprint density at radius 1 is 1.22 bits per heavy atom. The molecule has 0 amide bonds. The van der Waals surface area contributed by atoms with Crippen molar-refractivity contribution in [3.63, 3.8) is 0 Å². The minimum atomic E-state index is 0.529. The molecule has 1 aromatic rings. The molecule has 2 atom stereocenters. The summed E-state index contributed by atoms with van der Waals surface area (Å²) in [5.74, 6) is 1.33. The third-order valence-corrected chi connectivity index (χ3v) is 5.44. The van der Waals surface area contributed by atoms with E-state index in [1.54, 1.807) is 0 Å². The van der Waals surface area contributed by atoms with E-state index in [2.05, 4.69) is 56.9 Å². The smallest absolute Gasteiger partial charge is 0.0443 e. The van der Waals surface area contributed by atoms with E-state index in [4.69, 9.17) is 0 Å². The summed E-state index contributed by atoms with van der Waals surface area (Å²) in [5.41, 5.74) is 5.78. The maximum Gasteiger partial charge on any atom is 0.0443 e. The largest absolute Gasteiger partial charge is 0.309 e. The quantitative estimate of drug-likeness (QED) is 0.875. The van der Waals surface area contributed by atoms with Gasteiger partial charge in [-0.1, -0.05) is 19.1 Å². The van der Waals surface area contributed by atoms with E-state index in [0.717, 1.165) is 11.8 Å². The first-order chi connectivity index (χ1) is 8.63. The summed E-state index contributed by atoms with van der Waals surface area (Å²) in [5, 5.41) is 4.46. The van der Waals surface area contributed by atoms with Crippen LogP contribution in [0.5, 0.6) is 0 Å². The number of thioether (sulfide) groups is 1. The number of benzene rings is 1. The zero-order chi connectivity index (χ0) is 13.1. The lowest BCUT2D eigenvalue weighted by molar-refractivity contribution is 0.517. The number of hydrogen-bond donors (Lipinski definition) is 1. The molecule has 1 aliphatic heterocycles. The molecule has 0 bridgehead atoms. The van der Waals surface area contributed by atoms with Crippen molar-refractivity contribution in [1.82, 2.24) is 5.32 Å². The number of rotatable bonds is 4. The number of nitrogens with one attached hydrogen (secondary N) is 1. The van der Waals surface area contributed by atoms with Crippen LogP contribution < -0.4 is 5.32 Å². The monoisotopic (exact) mass is 263 g/mol. The summed E-state index contributed by atoms with van der Waals surface area (Å²) >= 11 is 2.14. The Bertz CT molecular complexity index is 408. The summed E-state index contributed by atoms with van der Waals surface area (Å²) in [6, 6.07) is 5.27. The van der Waals surface area contributed by atoms with E-state index >= 15 is 0 Å². The van der Waals surface area contributed by atoms with Gasteiger partial charge >= 0.3 is 0 Å². The first-order valence-electron chi connectivity index (χ1n) is 7.06. The van der Waals surface area contributed by atoms with E-state index in [0.29, 0.717) is 6.04 Å². The van der Waals surface area contributed by atoms with E-state index in [9.17, 15) is 0 Å². The molecule has 1 fully saturated rings. The highest BCUT2D eigenvalue weighted by Gasteiger charge is 2.27. The van der Waals surface area contributed by atoms with Gasteiger partial charge in [0.05, 0.1) is 0 Å². The number of hydrogen-bond acceptors (Lipinski definition) is 2. The zero-order valence-electron chi connectivity index (χ0n) is 12.0. The summed E-state index contributed by atoms with van der Waals surface area (Å²) in [7, 11) is 0. The van der Waals surface area contributed by atoms with Crippen molar-refractivity contribution in [3.05, 3.63) is 34.4 Å². The average molecular weight is 263 g/mol. The van der Waals surface area contributed by atoms with E-state index < -0.39 is 0 Å². The third-order valence-electron chi connectivity index (χ3n) is 3.98. The summed E-state index contributed by atoms with van der Waals surface area (Å²) < 4.78 is 0. The van der Waals surface area contributed by atoms with Crippen LogP contribution in [-0.4, -0.2) is 17.5 Å². The molecule has 0 aliphatic carbocycles. The minimum absolute atomic E-state index is 0.529. The Balaban J connectivity index is 2.32. The summed E-state index contributed by atoms with van der Waals surface area (Å²) in [4.78, 5) is 0. The van der Waals surface area contributed by atoms with Crippen molar-refractivity contribution in [3.8, 4) is 0 Å². The molecule has 0 saturated carbocycles. The van der Waals surface area contributed by atoms with Gasteiger partial charge < -0.3 is 5.32 Å². The molecule has 1 saturated heterocycles. The molecule has 18 heavy (non-hydrogen) atoms. The molecule has 100 valence electrons. The van der Waals surface area contributed by atoms with E-state index in [1.807, 2.05) is 0 Å². The topological polar surface area (TPSA) is 12.0 Å². The SMILES string of the molecule is CCNC(c1cc(C)c(C)cc1C)C1CCCS1. The molecule has 1 aliphatic rings. The van der Waals surface area contributed by atoms with Crippen LogP contribution in [0.4, 0.5) is 0 Å². The van der Waals surface area contributed by atoms with Crippen LogP contribution in [0.25, 0.3) is 0 Å². The van der Waals surface area contributed by atoms with Gasteiger partial charge in [-0.15, -0.1) is 0 Å². The average Bonchev–Trinajstić information content (AvgIpc) is 2.85. The second-order valence-corrected chi connectivity index (χ2v) is 6.73. The van der Waals surface area contributed by atoms with Crippen LogP contribution in [0, 0.1) is 20.8 Å². The Kier molecular flexibility index (Phi) is 4.74. The van der Waals surface area contributed by atoms with Gasteiger partial charge in [0.15, 0.2) is 0 Å². The molecule has 0 aromatic heterocycles. The molecule has 1 aromatic carbocycles. The molecule has 0 radical (unpaired) electrons. The third kappa shape index (κ3) is 2.92. The van der Waals surface area contributed by atoms with Gasteiger partial charge in [-0.05, 0) is 68.2 Å². The van der Waals surface area contributed by atoms with Gasteiger partial charge in [-0.25, -0.2) is 0 Å². The fourth-order valence-electron chi connectivity index (χ4n) is 2.84. The van der Waals surface area contributed by atoms with Crippen molar-refractivity contribution < 1.29 is 0 Å². The second kappa shape index (κ2) is 6.12. The molecule has 2 rings (SSSR count). The van der Waals surface area contributed by atoms with Gasteiger partial charge in [0.1, 0.15) is 0 Å². The van der Waals surface area contributed by atoms with Gasteiger partial charge in [-0.2, -0.15) is 11.8 Å². The van der Waals surface area contributed by atoms with Crippen molar-refractivity contribution in [1.29, 1.82) is 0 Å². The first-order valence-corrected chi connectivity index (χ1v) is 8.11. The van der Waals surface area contributed by atoms with Gasteiger partial charge in [-0.3, -0.25) is 0 Å². The van der Waals surface area contributed by atoms with Gasteiger partial charge in [0, 0.05) is 11.3 Å². The summed E-state index contributed by atoms with van der Waals surface area (Å²) in [6.07, 6.45) is 2.73. The Morgan fingerprint density at radius 2 is 1.94 bits per heavy atom. The predicted molar refractivity (Wildman–Crippen MR) is 82.6 cm³/mol. The molecular weight excluding hydrogens is 238 g/mol. The zero-order valence-corrected chi connectivity index (χ0v) is 12.9. The van der Waals surface area contributed by atoms with Crippen LogP contribution in [0.3, 0.4) is 0 Å². The lowest BCUT2D eigenvalue weighted by Crippen LogP contribution is -2.29. The van der Waals surface area contributed by atoms with Crippen LogP contribution in [0.15, 0.2) is 12.1 Å². The van der Waals surface area contributed by atoms with Crippen LogP contribution >= 0.6 is 11.8 Å². The Labute approximate surface area is 116 Å². The maximum absolute atomic E-state index is 3.71. The Morgan fingerprint density at radius 3 is 2.56 bits per heavy atom. The minimum Gasteiger partial charge on any atom is -0.309 e. The van der Waals surface area contributed by atoms with E-state index in [-0.39, 0.29) is 0 Å². The lowest BCUT2D eigenvalue weighted by Gasteiger charge is -2.26. The second-order valence-electron chi connectivity index (χ2n) is 5.38. The standard InChI is InChI=1S/C16H25NS/c1-5-17-16(15-7-6-8-18-15)14-10-12(3)11(2)9-13(14)4/h9-10,15-17H,5-8H2,1-4H3. The fraction of sp³-hybridized carbons (Fsp3) is 0.625. The van der Waals surface area contributed by atoms with Crippen LogP contribution in [0.2, 0.25) is 0 Å². The number of aryl methyl sites for hydroxylation is 3. The molecule has 2 heteroatoms. The molecule has 1 N–H and O–H groups in total. The van der Waals surface area contributed by atoms with Crippen molar-refractivity contribution >= 4 is 11.8 Å². The predicted octanol–water partition coefficient (Wildman–Crippen LogP) is 4.16. The van der Waals surface area contributed by atoms with Crippen molar-refractivity contribution in [2.75, 3.05) is 12.3 Å². The molecular formula is C16H25NS. The van der Waals surface area contributed by atoms with Crippen molar-refractivity contribution in [2.24, 2.45) is 0 Å². The molecule has 2 unspecified atom stereocenters. The lowest BCUT2D eigenvalue weighted by atomic mass is 9.93. The van der Waals surface area contributed by atoms with E-state index in [1.165, 1.54) is 40.8 Å². The highest BCUT2D eigenvalue weighted by molar-refractivity contribution is 8.00. The van der Waals surface area contributed by atoms with Crippen LogP contribution in [0.1, 0.15) is 48.1 Å². The molecule has 1 nitrogen and oxygen atoms in total. The highest BCUT2D eigenvalue weighted by atomic mass is 32.2. The van der Waals surface area contributed by atoms with Crippen LogP contribution in [-0.2, 0) is 0 Å². The van der Waals surface area contributed by atoms with Gasteiger partial charge in [0.2, 0.25) is 0 Å². The maximum atomic E-state index is 3.71.